The van der Waals surface area contributed by atoms with Gasteiger partial charge in [-0.1, -0.05) is 0 Å². The molecule has 0 amide bonds. The summed E-state index contributed by atoms with van der Waals surface area (Å²) in [6.07, 6.45) is -0.200. The smallest absolute Gasteiger partial charge is 0.138 e. The zero-order valence-electron chi connectivity index (χ0n) is 10.7. The van der Waals surface area contributed by atoms with E-state index in [1.54, 1.807) is 4.68 Å². The summed E-state index contributed by atoms with van der Waals surface area (Å²) in [6.45, 7) is 3.66. The highest BCUT2D eigenvalue weighted by atomic mass is 16.5. The molecule has 100 valence electrons. The number of anilines is 1. The molecule has 1 aromatic heterocycles. The molecule has 0 spiro atoms. The molecule has 2 heterocycles. The topological polar surface area (TPSA) is 100 Å². The first-order valence-electron chi connectivity index (χ1n) is 5.90. The number of hydrogen-bond acceptors (Lipinski definition) is 5. The second-order valence-corrected chi connectivity index (χ2v) is 4.44. The fourth-order valence-electron chi connectivity index (χ4n) is 2.35. The number of aliphatic hydroxyl groups excluding tert-OH is 1. The first-order chi connectivity index (χ1) is 8.54. The number of aliphatic hydroxyl groups is 1. The minimum absolute atomic E-state index is 0.0112. The Morgan fingerprint density at radius 3 is 3.00 bits per heavy atom. The summed E-state index contributed by atoms with van der Waals surface area (Å²) < 4.78 is 7.15. The summed E-state index contributed by atoms with van der Waals surface area (Å²) >= 11 is 0. The quantitative estimate of drug-likeness (QED) is 0.484. The van der Waals surface area contributed by atoms with Crippen LogP contribution in [0.2, 0.25) is 0 Å². The van der Waals surface area contributed by atoms with Gasteiger partial charge in [-0.3, -0.25) is 10.1 Å². The lowest BCUT2D eigenvalue weighted by Crippen LogP contribution is -2.45. The number of aromatic nitrogens is 2. The zero-order valence-corrected chi connectivity index (χ0v) is 10.7. The van der Waals surface area contributed by atoms with Gasteiger partial charge in [-0.15, -0.1) is 0 Å². The van der Waals surface area contributed by atoms with E-state index in [0.717, 1.165) is 11.5 Å². The fourth-order valence-corrected chi connectivity index (χ4v) is 2.35. The van der Waals surface area contributed by atoms with Crippen molar-refractivity contribution in [1.29, 1.82) is 5.41 Å². The van der Waals surface area contributed by atoms with Crippen LogP contribution in [0.15, 0.2) is 0 Å². The Bertz CT molecular complexity index is 457. The van der Waals surface area contributed by atoms with Gasteiger partial charge in [0.05, 0.1) is 30.6 Å². The van der Waals surface area contributed by atoms with Crippen LogP contribution >= 0.6 is 0 Å². The molecule has 0 aliphatic carbocycles. The van der Waals surface area contributed by atoms with E-state index >= 15 is 0 Å². The van der Waals surface area contributed by atoms with Crippen LogP contribution in [0.25, 0.3) is 0 Å². The van der Waals surface area contributed by atoms with Crippen LogP contribution in [-0.2, 0) is 11.8 Å². The van der Waals surface area contributed by atoms with E-state index in [4.69, 9.17) is 21.0 Å². The van der Waals surface area contributed by atoms with Crippen molar-refractivity contribution < 1.29 is 9.84 Å². The Morgan fingerprint density at radius 1 is 1.67 bits per heavy atom. The third kappa shape index (κ3) is 2.19. The second-order valence-electron chi connectivity index (χ2n) is 4.44. The van der Waals surface area contributed by atoms with E-state index in [0.29, 0.717) is 25.3 Å². The van der Waals surface area contributed by atoms with Crippen molar-refractivity contribution in [3.63, 3.8) is 0 Å². The van der Waals surface area contributed by atoms with Gasteiger partial charge in [0.25, 0.3) is 0 Å². The van der Waals surface area contributed by atoms with E-state index < -0.39 is 0 Å². The summed E-state index contributed by atoms with van der Waals surface area (Å²) in [7, 11) is 1.83. The van der Waals surface area contributed by atoms with Crippen LogP contribution in [0.4, 0.5) is 5.82 Å². The maximum absolute atomic E-state index is 9.17. The molecule has 1 aliphatic rings. The lowest BCUT2D eigenvalue weighted by molar-refractivity contribution is 0.00318. The van der Waals surface area contributed by atoms with Crippen LogP contribution in [0, 0.1) is 12.3 Å². The Morgan fingerprint density at radius 2 is 2.39 bits per heavy atom. The first kappa shape index (κ1) is 12.8. The predicted molar refractivity (Wildman–Crippen MR) is 68.0 cm³/mol. The van der Waals surface area contributed by atoms with E-state index in [1.165, 1.54) is 0 Å². The van der Waals surface area contributed by atoms with Crippen LogP contribution < -0.4 is 10.6 Å². The number of nitrogens with one attached hydrogen (secondary N) is 1. The number of morpholine rings is 1. The van der Waals surface area contributed by atoms with Crippen molar-refractivity contribution in [2.45, 2.75) is 13.0 Å². The third-order valence-corrected chi connectivity index (χ3v) is 3.10. The largest absolute Gasteiger partial charge is 0.394 e. The highest BCUT2D eigenvalue weighted by Crippen LogP contribution is 2.24. The number of ether oxygens (including phenoxy) is 1. The lowest BCUT2D eigenvalue weighted by Gasteiger charge is -2.34. The molecular weight excluding hydrogens is 234 g/mol. The molecule has 7 heteroatoms. The first-order valence-corrected chi connectivity index (χ1v) is 5.90. The molecule has 0 aromatic carbocycles. The number of aryl methyl sites for hydroxylation is 2. The average molecular weight is 253 g/mol. The Labute approximate surface area is 106 Å². The normalized spacial score (nSPS) is 20.2. The maximum atomic E-state index is 9.17. The minimum atomic E-state index is -0.200. The molecular formula is C11H19N5O2. The third-order valence-electron chi connectivity index (χ3n) is 3.10. The second kappa shape index (κ2) is 4.95. The number of amidine groups is 1. The molecule has 4 N–H and O–H groups in total. The fraction of sp³-hybridized carbons (Fsp3) is 0.636. The maximum Gasteiger partial charge on any atom is 0.138 e. The molecule has 18 heavy (non-hydrogen) atoms. The standard InChI is InChI=1S/C11H19N5O2/c1-7-9(10(12)13)11(15(2)14-7)16-3-4-18-8(5-16)6-17/h8,17H,3-6H2,1-2H3,(H3,12,13). The van der Waals surface area contributed by atoms with Crippen molar-refractivity contribution in [1.82, 2.24) is 9.78 Å². The number of nitrogens with two attached hydrogens (primary N) is 1. The van der Waals surface area contributed by atoms with Crippen molar-refractivity contribution >= 4 is 11.7 Å². The summed E-state index contributed by atoms with van der Waals surface area (Å²) in [6, 6.07) is 0. The van der Waals surface area contributed by atoms with Crippen LogP contribution in [0.1, 0.15) is 11.3 Å². The predicted octanol–water partition coefficient (Wildman–Crippen LogP) is -0.790. The molecule has 1 atom stereocenters. The van der Waals surface area contributed by atoms with Crippen molar-refractivity contribution in [3.05, 3.63) is 11.3 Å². The summed E-state index contributed by atoms with van der Waals surface area (Å²) in [4.78, 5) is 2.06. The Balaban J connectivity index is 2.35. The van der Waals surface area contributed by atoms with Gasteiger partial charge < -0.3 is 20.5 Å². The highest BCUT2D eigenvalue weighted by molar-refractivity contribution is 6.00. The van der Waals surface area contributed by atoms with Gasteiger partial charge in [-0.2, -0.15) is 5.10 Å². The van der Waals surface area contributed by atoms with Gasteiger partial charge in [0, 0.05) is 20.1 Å². The van der Waals surface area contributed by atoms with E-state index in [9.17, 15) is 0 Å². The number of hydrogen-bond donors (Lipinski definition) is 3. The molecule has 0 radical (unpaired) electrons. The van der Waals surface area contributed by atoms with E-state index in [2.05, 4.69) is 10.00 Å². The molecule has 0 saturated carbocycles. The van der Waals surface area contributed by atoms with Gasteiger partial charge >= 0.3 is 0 Å². The summed E-state index contributed by atoms with van der Waals surface area (Å²) in [5, 5.41) is 21.1. The van der Waals surface area contributed by atoms with E-state index in [1.807, 2.05) is 14.0 Å². The van der Waals surface area contributed by atoms with Crippen LogP contribution in [0.5, 0.6) is 0 Å². The van der Waals surface area contributed by atoms with Gasteiger partial charge in [0.1, 0.15) is 11.7 Å². The minimum Gasteiger partial charge on any atom is -0.394 e. The molecule has 2 rings (SSSR count). The molecule has 1 aromatic rings. The number of nitrogen functional groups attached to an aromatic ring is 1. The van der Waals surface area contributed by atoms with Crippen molar-refractivity contribution in [3.8, 4) is 0 Å². The molecule has 1 fully saturated rings. The molecule has 1 unspecified atom stereocenters. The summed E-state index contributed by atoms with van der Waals surface area (Å²) in [5.74, 6) is 0.837. The number of rotatable bonds is 3. The lowest BCUT2D eigenvalue weighted by atomic mass is 10.2. The highest BCUT2D eigenvalue weighted by Gasteiger charge is 2.26. The van der Waals surface area contributed by atoms with Crippen molar-refractivity contribution in [2.24, 2.45) is 12.8 Å². The molecule has 7 nitrogen and oxygen atoms in total. The molecule has 0 bridgehead atoms. The van der Waals surface area contributed by atoms with E-state index in [-0.39, 0.29) is 18.5 Å². The van der Waals surface area contributed by atoms with Gasteiger partial charge in [0.15, 0.2) is 0 Å². The Kier molecular flexibility index (Phi) is 3.53. The molecule has 1 aliphatic heterocycles. The Hall–Kier alpha value is -1.60. The number of nitrogens with zero attached hydrogens (tertiary/aromatic N) is 3. The van der Waals surface area contributed by atoms with Crippen LogP contribution in [-0.4, -0.2) is 53.1 Å². The van der Waals surface area contributed by atoms with Crippen molar-refractivity contribution in [2.75, 3.05) is 31.2 Å². The average Bonchev–Trinajstić information content (AvgIpc) is 2.64. The SMILES string of the molecule is Cc1nn(C)c(N2CCOC(CO)C2)c1C(=N)N. The zero-order chi connectivity index (χ0) is 13.3. The monoisotopic (exact) mass is 253 g/mol. The van der Waals surface area contributed by atoms with Gasteiger partial charge in [0.2, 0.25) is 0 Å². The molecule has 1 saturated heterocycles. The van der Waals surface area contributed by atoms with Gasteiger partial charge in [-0.25, -0.2) is 0 Å². The van der Waals surface area contributed by atoms with Gasteiger partial charge in [-0.05, 0) is 6.92 Å². The summed E-state index contributed by atoms with van der Waals surface area (Å²) in [5.41, 5.74) is 7.03. The van der Waals surface area contributed by atoms with Crippen LogP contribution in [0.3, 0.4) is 0 Å².